The zero-order valence-electron chi connectivity index (χ0n) is 15.4. The summed E-state index contributed by atoms with van der Waals surface area (Å²) in [5.74, 6) is 0.147. The largest absolute Gasteiger partial charge is 0.434 e. The first-order valence-corrected chi connectivity index (χ1v) is 9.15. The lowest BCUT2D eigenvalue weighted by molar-refractivity contribution is -0.141. The zero-order chi connectivity index (χ0) is 21.5. The summed E-state index contributed by atoms with van der Waals surface area (Å²) in [5.41, 5.74) is -2.02. The summed E-state index contributed by atoms with van der Waals surface area (Å²) < 4.78 is 75.5. The molecule has 168 valence electrons. The summed E-state index contributed by atoms with van der Waals surface area (Å²) in [6.07, 6.45) is -8.07. The van der Waals surface area contributed by atoms with E-state index in [2.05, 4.69) is 35.9 Å². The van der Waals surface area contributed by atoms with E-state index in [1.54, 1.807) is 6.92 Å². The summed E-state index contributed by atoms with van der Waals surface area (Å²) in [4.78, 5) is 14.7. The van der Waals surface area contributed by atoms with Crippen LogP contribution in [0.3, 0.4) is 0 Å². The maximum atomic E-state index is 12.6. The molecule has 30 heavy (non-hydrogen) atoms. The molecule has 0 bridgehead atoms. The molecule has 0 unspecified atom stereocenters. The first kappa shape index (κ1) is 26.1. The average molecular weight is 569 g/mol. The van der Waals surface area contributed by atoms with Gasteiger partial charge < -0.3 is 16.0 Å². The van der Waals surface area contributed by atoms with Crippen LogP contribution in [0.4, 0.5) is 32.3 Å². The first-order valence-electron chi connectivity index (χ1n) is 8.27. The Hall–Kier alpha value is -1.91. The van der Waals surface area contributed by atoms with Crippen molar-refractivity contribution < 1.29 is 26.3 Å². The van der Waals surface area contributed by atoms with Crippen LogP contribution in [0, 0.1) is 0 Å². The summed E-state index contributed by atoms with van der Waals surface area (Å²) in [6.45, 7) is 2.68. The lowest BCUT2D eigenvalue weighted by Gasteiger charge is -2.12. The van der Waals surface area contributed by atoms with Gasteiger partial charge in [0.15, 0.2) is 11.7 Å². The van der Waals surface area contributed by atoms with Crippen molar-refractivity contribution in [3.8, 4) is 0 Å². The Morgan fingerprint density at radius 3 is 2.33 bits per heavy atom. The zero-order valence-corrected chi connectivity index (χ0v) is 18.6. The Bertz CT molecular complexity index is 824. The molecule has 2 rings (SSSR count). The SMILES string of the molecule is CCNC(=NCc1nc(C(F)(F)F)cs1)NCCNc1nccc(C(F)(F)F)n1.I. The molecular formula is C15H18F6IN7S. The third-order valence-corrected chi connectivity index (χ3v) is 4.04. The molecule has 0 aliphatic heterocycles. The van der Waals surface area contributed by atoms with Crippen molar-refractivity contribution in [1.29, 1.82) is 0 Å². The van der Waals surface area contributed by atoms with Gasteiger partial charge in [-0.05, 0) is 13.0 Å². The Kier molecular flexibility index (Phi) is 9.99. The third kappa shape index (κ3) is 8.45. The molecule has 7 nitrogen and oxygen atoms in total. The second kappa shape index (κ2) is 11.5. The number of alkyl halides is 6. The minimum Gasteiger partial charge on any atom is -0.357 e. The monoisotopic (exact) mass is 569 g/mol. The van der Waals surface area contributed by atoms with E-state index in [0.29, 0.717) is 12.5 Å². The molecule has 0 saturated heterocycles. The quantitative estimate of drug-likeness (QED) is 0.155. The molecule has 0 amide bonds. The molecule has 0 saturated carbocycles. The Morgan fingerprint density at radius 2 is 1.73 bits per heavy atom. The van der Waals surface area contributed by atoms with Crippen LogP contribution in [0.15, 0.2) is 22.6 Å². The van der Waals surface area contributed by atoms with Gasteiger partial charge in [0, 0.05) is 31.2 Å². The predicted octanol–water partition coefficient (Wildman–Crippen LogP) is 3.76. The summed E-state index contributed by atoms with van der Waals surface area (Å²) in [7, 11) is 0. The molecular weight excluding hydrogens is 551 g/mol. The molecule has 3 N–H and O–H groups in total. The number of halogens is 7. The summed E-state index contributed by atoms with van der Waals surface area (Å²) >= 11 is 0.851. The van der Waals surface area contributed by atoms with Gasteiger partial charge in [-0.25, -0.2) is 19.9 Å². The number of aliphatic imine (C=N–C) groups is 1. The van der Waals surface area contributed by atoms with Gasteiger partial charge in [-0.3, -0.25) is 0 Å². The highest BCUT2D eigenvalue weighted by Crippen LogP contribution is 2.30. The number of anilines is 1. The molecule has 0 fully saturated rings. The lowest BCUT2D eigenvalue weighted by Crippen LogP contribution is -2.39. The number of hydrogen-bond donors (Lipinski definition) is 3. The van der Waals surface area contributed by atoms with Crippen LogP contribution in [0.5, 0.6) is 0 Å². The molecule has 0 spiro atoms. The number of thiazole rings is 1. The Morgan fingerprint density at radius 1 is 1.03 bits per heavy atom. The molecule has 2 aromatic heterocycles. The molecule has 0 aromatic carbocycles. The van der Waals surface area contributed by atoms with Crippen LogP contribution >= 0.6 is 35.3 Å². The van der Waals surface area contributed by atoms with Crippen LogP contribution in [0.2, 0.25) is 0 Å². The van der Waals surface area contributed by atoms with Crippen molar-refractivity contribution in [1.82, 2.24) is 25.6 Å². The fraction of sp³-hybridized carbons (Fsp3) is 0.467. The van der Waals surface area contributed by atoms with Crippen LogP contribution < -0.4 is 16.0 Å². The molecule has 0 aliphatic carbocycles. The number of guanidine groups is 1. The van der Waals surface area contributed by atoms with Crippen LogP contribution in [0.25, 0.3) is 0 Å². The van der Waals surface area contributed by atoms with Gasteiger partial charge in [-0.15, -0.1) is 35.3 Å². The Labute approximate surface area is 188 Å². The standard InChI is InChI=1S/C15H17F6N7S.HI/c1-2-22-12(26-7-11-27-10(8-29-11)15(19,20)21)24-5-6-25-13-23-4-3-9(28-13)14(16,17)18;/h3-4,8H,2,5-7H2,1H3,(H2,22,24,26)(H,23,25,28);1H. The maximum absolute atomic E-state index is 12.6. The van der Waals surface area contributed by atoms with Gasteiger partial charge >= 0.3 is 12.4 Å². The molecule has 0 aliphatic rings. The molecule has 2 aromatic rings. The van der Waals surface area contributed by atoms with E-state index < -0.39 is 23.7 Å². The van der Waals surface area contributed by atoms with Crippen molar-refractivity contribution >= 4 is 47.2 Å². The topological polar surface area (TPSA) is 87.1 Å². The van der Waals surface area contributed by atoms with E-state index in [4.69, 9.17) is 0 Å². The van der Waals surface area contributed by atoms with Gasteiger partial charge in [0.2, 0.25) is 5.95 Å². The molecule has 15 heteroatoms. The number of aromatic nitrogens is 3. The second-order valence-corrected chi connectivity index (χ2v) is 6.38. The van der Waals surface area contributed by atoms with E-state index in [9.17, 15) is 26.3 Å². The molecule has 2 heterocycles. The van der Waals surface area contributed by atoms with E-state index in [1.165, 1.54) is 0 Å². The highest BCUT2D eigenvalue weighted by molar-refractivity contribution is 14.0. The third-order valence-electron chi connectivity index (χ3n) is 3.21. The average Bonchev–Trinajstić information content (AvgIpc) is 3.12. The van der Waals surface area contributed by atoms with Gasteiger partial charge in [-0.2, -0.15) is 26.3 Å². The van der Waals surface area contributed by atoms with Crippen LogP contribution in [-0.4, -0.2) is 40.5 Å². The number of hydrogen-bond acceptors (Lipinski definition) is 6. The second-order valence-electron chi connectivity index (χ2n) is 5.44. The van der Waals surface area contributed by atoms with Crippen LogP contribution in [-0.2, 0) is 18.9 Å². The minimum atomic E-state index is -4.57. The fourth-order valence-electron chi connectivity index (χ4n) is 1.96. The molecule has 0 radical (unpaired) electrons. The Balaban J connectivity index is 0.00000450. The number of nitrogens with zero attached hydrogens (tertiary/aromatic N) is 4. The smallest absolute Gasteiger partial charge is 0.357 e. The van der Waals surface area contributed by atoms with Crippen molar-refractivity contribution in [2.45, 2.75) is 25.8 Å². The van der Waals surface area contributed by atoms with Crippen molar-refractivity contribution in [2.75, 3.05) is 25.0 Å². The fourth-order valence-corrected chi connectivity index (χ4v) is 2.68. The van der Waals surface area contributed by atoms with E-state index in [1.807, 2.05) is 0 Å². The highest BCUT2D eigenvalue weighted by Gasteiger charge is 2.34. The maximum Gasteiger partial charge on any atom is 0.434 e. The first-order chi connectivity index (χ1) is 13.6. The van der Waals surface area contributed by atoms with Crippen molar-refractivity contribution in [3.63, 3.8) is 0 Å². The van der Waals surface area contributed by atoms with Gasteiger partial charge in [-0.1, -0.05) is 0 Å². The lowest BCUT2D eigenvalue weighted by atomic mass is 10.4. The van der Waals surface area contributed by atoms with E-state index in [-0.39, 0.29) is 54.6 Å². The van der Waals surface area contributed by atoms with E-state index >= 15 is 0 Å². The van der Waals surface area contributed by atoms with Gasteiger partial charge in [0.25, 0.3) is 0 Å². The van der Waals surface area contributed by atoms with E-state index in [0.717, 1.165) is 29.0 Å². The van der Waals surface area contributed by atoms with Crippen molar-refractivity contribution in [2.24, 2.45) is 4.99 Å². The minimum absolute atomic E-state index is 0. The normalized spacial score (nSPS) is 12.3. The predicted molar refractivity (Wildman–Crippen MR) is 111 cm³/mol. The summed E-state index contributed by atoms with van der Waals surface area (Å²) in [6, 6.07) is 0.766. The van der Waals surface area contributed by atoms with Crippen molar-refractivity contribution in [3.05, 3.63) is 34.0 Å². The molecule has 0 atom stereocenters. The van der Waals surface area contributed by atoms with Gasteiger partial charge in [0.1, 0.15) is 10.7 Å². The van der Waals surface area contributed by atoms with Gasteiger partial charge in [0.05, 0.1) is 6.54 Å². The number of nitrogens with one attached hydrogen (secondary N) is 3. The van der Waals surface area contributed by atoms with Crippen LogP contribution in [0.1, 0.15) is 23.3 Å². The highest BCUT2D eigenvalue weighted by atomic mass is 127. The summed E-state index contributed by atoms with van der Waals surface area (Å²) in [5, 5.41) is 9.57. The number of rotatable bonds is 7.